The molecule has 0 radical (unpaired) electrons. The molecule has 0 aromatic heterocycles. The fraction of sp³-hybridized carbons (Fsp3) is 0.421. The zero-order chi connectivity index (χ0) is 19.5. The number of ether oxygens (including phenoxy) is 3. The maximum Gasteiger partial charge on any atom is 0.331 e. The number of hydrogen-bond donors (Lipinski definition) is 1. The largest absolute Gasteiger partial charge is 0.497 e. The summed E-state index contributed by atoms with van der Waals surface area (Å²) in [6.07, 6.45) is 3.46. The highest BCUT2D eigenvalue weighted by atomic mass is 16.5. The molecule has 0 unspecified atom stereocenters. The van der Waals surface area contributed by atoms with Crippen LogP contribution in [0.25, 0.3) is 6.08 Å². The molecule has 0 heterocycles. The fourth-order valence-electron chi connectivity index (χ4n) is 2.11. The predicted octanol–water partition coefficient (Wildman–Crippen LogP) is 1.96. The molecule has 1 aromatic rings. The molecule has 7 nitrogen and oxygen atoms in total. The summed E-state index contributed by atoms with van der Waals surface area (Å²) in [6, 6.07) is 6.35. The zero-order valence-corrected chi connectivity index (χ0v) is 15.5. The van der Waals surface area contributed by atoms with Crippen molar-refractivity contribution in [1.82, 2.24) is 5.32 Å². The third-order valence-electron chi connectivity index (χ3n) is 3.84. The molecule has 142 valence electrons. The molecule has 1 N–H and O–H groups in total. The number of benzene rings is 1. The van der Waals surface area contributed by atoms with E-state index in [1.807, 2.05) is 13.8 Å². The predicted molar refractivity (Wildman–Crippen MR) is 96.4 cm³/mol. The highest BCUT2D eigenvalue weighted by molar-refractivity contribution is 5.90. The van der Waals surface area contributed by atoms with Crippen LogP contribution in [-0.4, -0.2) is 44.7 Å². The van der Waals surface area contributed by atoms with E-state index in [2.05, 4.69) is 10.1 Å². The van der Waals surface area contributed by atoms with Gasteiger partial charge in [0.25, 0.3) is 5.91 Å². The van der Waals surface area contributed by atoms with Gasteiger partial charge < -0.3 is 19.5 Å². The number of carbonyl (C=O) groups is 3. The third-order valence-corrected chi connectivity index (χ3v) is 3.84. The second-order valence-corrected chi connectivity index (χ2v) is 5.67. The van der Waals surface area contributed by atoms with Gasteiger partial charge in [0.05, 0.1) is 14.2 Å². The minimum Gasteiger partial charge on any atom is -0.497 e. The van der Waals surface area contributed by atoms with Crippen LogP contribution in [-0.2, 0) is 23.9 Å². The van der Waals surface area contributed by atoms with E-state index in [-0.39, 0.29) is 5.92 Å². The normalized spacial score (nSPS) is 12.9. The molecular formula is C19H25NO6. The lowest BCUT2D eigenvalue weighted by molar-refractivity contribution is -0.148. The van der Waals surface area contributed by atoms with E-state index < -0.39 is 30.5 Å². The molecule has 26 heavy (non-hydrogen) atoms. The standard InChI is InChI=1S/C19H25NO6/c1-5-13(2)18(19(23)25-4)20-16(21)12-26-17(22)10-9-14-7-6-8-15(11-14)24-3/h6-11,13,18H,5,12H2,1-4H3,(H,20,21)/b10-9+/t13-,18+/m0/s1. The van der Waals surface area contributed by atoms with Gasteiger partial charge in [0.2, 0.25) is 0 Å². The van der Waals surface area contributed by atoms with Crippen molar-refractivity contribution < 1.29 is 28.6 Å². The van der Waals surface area contributed by atoms with Crippen molar-refractivity contribution in [1.29, 1.82) is 0 Å². The minimum atomic E-state index is -0.775. The van der Waals surface area contributed by atoms with Crippen molar-refractivity contribution in [2.75, 3.05) is 20.8 Å². The maximum absolute atomic E-state index is 11.9. The zero-order valence-electron chi connectivity index (χ0n) is 15.5. The van der Waals surface area contributed by atoms with E-state index >= 15 is 0 Å². The van der Waals surface area contributed by atoms with Gasteiger partial charge in [0.1, 0.15) is 11.8 Å². The Morgan fingerprint density at radius 2 is 1.96 bits per heavy atom. The molecule has 0 fully saturated rings. The molecule has 0 aliphatic heterocycles. The number of esters is 2. The molecular weight excluding hydrogens is 338 g/mol. The minimum absolute atomic E-state index is 0.102. The van der Waals surface area contributed by atoms with Crippen LogP contribution in [0.4, 0.5) is 0 Å². The van der Waals surface area contributed by atoms with Crippen LogP contribution < -0.4 is 10.1 Å². The number of nitrogens with one attached hydrogen (secondary N) is 1. The number of hydrogen-bond acceptors (Lipinski definition) is 6. The molecule has 7 heteroatoms. The Morgan fingerprint density at radius 1 is 1.23 bits per heavy atom. The molecule has 0 aliphatic carbocycles. The van der Waals surface area contributed by atoms with Gasteiger partial charge in [-0.2, -0.15) is 0 Å². The van der Waals surface area contributed by atoms with Gasteiger partial charge in [-0.05, 0) is 29.7 Å². The van der Waals surface area contributed by atoms with Crippen molar-refractivity contribution >= 4 is 23.9 Å². The van der Waals surface area contributed by atoms with Gasteiger partial charge in [-0.15, -0.1) is 0 Å². The van der Waals surface area contributed by atoms with Crippen molar-refractivity contribution in [3.8, 4) is 5.75 Å². The second-order valence-electron chi connectivity index (χ2n) is 5.67. The summed E-state index contributed by atoms with van der Waals surface area (Å²) in [5.41, 5.74) is 0.758. The third kappa shape index (κ3) is 6.96. The lowest BCUT2D eigenvalue weighted by Gasteiger charge is -2.21. The van der Waals surface area contributed by atoms with Crippen LogP contribution in [0.3, 0.4) is 0 Å². The number of methoxy groups -OCH3 is 2. The maximum atomic E-state index is 11.9. The van der Waals surface area contributed by atoms with E-state index in [1.165, 1.54) is 13.2 Å². The average Bonchev–Trinajstić information content (AvgIpc) is 2.67. The molecule has 1 aromatic carbocycles. The van der Waals surface area contributed by atoms with E-state index in [0.29, 0.717) is 12.2 Å². The van der Waals surface area contributed by atoms with E-state index in [9.17, 15) is 14.4 Å². The summed E-state index contributed by atoms with van der Waals surface area (Å²) in [6.45, 7) is 3.24. The van der Waals surface area contributed by atoms with Crippen molar-refractivity contribution in [2.24, 2.45) is 5.92 Å². The van der Waals surface area contributed by atoms with Crippen LogP contribution in [0.1, 0.15) is 25.8 Å². The van der Waals surface area contributed by atoms with Gasteiger partial charge in [0, 0.05) is 6.08 Å². The Labute approximate surface area is 153 Å². The second kappa shape index (κ2) is 10.9. The topological polar surface area (TPSA) is 90.9 Å². The Hall–Kier alpha value is -2.83. The molecule has 0 bridgehead atoms. The molecule has 2 atom stereocenters. The quantitative estimate of drug-likeness (QED) is 0.533. The highest BCUT2D eigenvalue weighted by Crippen LogP contribution is 2.13. The Bertz CT molecular complexity index is 655. The van der Waals surface area contributed by atoms with Crippen molar-refractivity contribution in [2.45, 2.75) is 26.3 Å². The summed E-state index contributed by atoms with van der Waals surface area (Å²) >= 11 is 0. The molecule has 0 saturated heterocycles. The molecule has 1 amide bonds. The Morgan fingerprint density at radius 3 is 2.58 bits per heavy atom. The fourth-order valence-corrected chi connectivity index (χ4v) is 2.11. The van der Waals surface area contributed by atoms with Gasteiger partial charge in [-0.3, -0.25) is 4.79 Å². The van der Waals surface area contributed by atoms with Gasteiger partial charge in [-0.1, -0.05) is 32.4 Å². The molecule has 0 spiro atoms. The lowest BCUT2D eigenvalue weighted by atomic mass is 9.99. The van der Waals surface area contributed by atoms with Gasteiger partial charge >= 0.3 is 11.9 Å². The first kappa shape index (κ1) is 21.2. The number of carbonyl (C=O) groups excluding carboxylic acids is 3. The van der Waals surface area contributed by atoms with E-state index in [0.717, 1.165) is 5.56 Å². The summed E-state index contributed by atoms with van der Waals surface area (Å²) in [5.74, 6) is -1.20. The summed E-state index contributed by atoms with van der Waals surface area (Å²) < 4.78 is 14.7. The molecule has 0 aliphatic rings. The Balaban J connectivity index is 2.53. The van der Waals surface area contributed by atoms with Crippen LogP contribution >= 0.6 is 0 Å². The summed E-state index contributed by atoms with van der Waals surface area (Å²) in [4.78, 5) is 35.4. The molecule has 1 rings (SSSR count). The number of rotatable bonds is 9. The van der Waals surface area contributed by atoms with Crippen LogP contribution in [0.2, 0.25) is 0 Å². The molecule has 0 saturated carbocycles. The van der Waals surface area contributed by atoms with Crippen molar-refractivity contribution in [3.63, 3.8) is 0 Å². The monoisotopic (exact) mass is 363 g/mol. The first-order valence-electron chi connectivity index (χ1n) is 8.27. The lowest BCUT2D eigenvalue weighted by Crippen LogP contribution is -2.47. The van der Waals surface area contributed by atoms with Gasteiger partial charge in [0.15, 0.2) is 6.61 Å². The van der Waals surface area contributed by atoms with Gasteiger partial charge in [-0.25, -0.2) is 9.59 Å². The van der Waals surface area contributed by atoms with E-state index in [1.54, 1.807) is 37.5 Å². The summed E-state index contributed by atoms with van der Waals surface area (Å²) in [7, 11) is 2.81. The van der Waals surface area contributed by atoms with Crippen LogP contribution in [0, 0.1) is 5.92 Å². The summed E-state index contributed by atoms with van der Waals surface area (Å²) in [5, 5.41) is 2.53. The average molecular weight is 363 g/mol. The number of amides is 1. The first-order chi connectivity index (χ1) is 12.4. The van der Waals surface area contributed by atoms with E-state index in [4.69, 9.17) is 9.47 Å². The van der Waals surface area contributed by atoms with Crippen LogP contribution in [0.5, 0.6) is 5.75 Å². The Kier molecular flexibility index (Phi) is 8.91. The highest BCUT2D eigenvalue weighted by Gasteiger charge is 2.26. The first-order valence-corrected chi connectivity index (χ1v) is 8.27. The smallest absolute Gasteiger partial charge is 0.331 e. The van der Waals surface area contributed by atoms with Crippen LogP contribution in [0.15, 0.2) is 30.3 Å². The SMILES string of the molecule is CC[C@H](C)[C@@H](NC(=O)COC(=O)/C=C/c1cccc(OC)c1)C(=O)OC. The van der Waals surface area contributed by atoms with Crippen molar-refractivity contribution in [3.05, 3.63) is 35.9 Å².